The van der Waals surface area contributed by atoms with E-state index in [1.54, 1.807) is 0 Å². The summed E-state index contributed by atoms with van der Waals surface area (Å²) in [5.41, 5.74) is 9.37. The highest BCUT2D eigenvalue weighted by Crippen LogP contribution is 2.47. The van der Waals surface area contributed by atoms with Gasteiger partial charge >= 0.3 is 0 Å². The van der Waals surface area contributed by atoms with E-state index in [9.17, 15) is 0 Å². The van der Waals surface area contributed by atoms with Crippen LogP contribution in [0.5, 0.6) is 0 Å². The largest absolute Gasteiger partial charge is 0.456 e. The molecule has 0 aliphatic rings. The summed E-state index contributed by atoms with van der Waals surface area (Å²) >= 11 is 1.86. The second-order valence-electron chi connectivity index (χ2n) is 13.2. The zero-order valence-corrected chi connectivity index (χ0v) is 27.8. The molecule has 2 heterocycles. The van der Waals surface area contributed by atoms with Gasteiger partial charge in [0.05, 0.1) is 0 Å². The molecule has 0 N–H and O–H groups in total. The first-order valence-electron chi connectivity index (χ1n) is 17.1. The van der Waals surface area contributed by atoms with Gasteiger partial charge in [0, 0.05) is 30.9 Å². The average molecular weight is 653 g/mol. The van der Waals surface area contributed by atoms with Gasteiger partial charge in [0.25, 0.3) is 0 Å². The van der Waals surface area contributed by atoms with Crippen LogP contribution in [0.15, 0.2) is 174 Å². The molecule has 11 rings (SSSR count). The van der Waals surface area contributed by atoms with E-state index in [-0.39, 0.29) is 0 Å². The summed E-state index contributed by atoms with van der Waals surface area (Å²) < 4.78 is 8.90. The maximum atomic E-state index is 6.32. The van der Waals surface area contributed by atoms with Crippen molar-refractivity contribution in [3.63, 3.8) is 0 Å². The zero-order valence-electron chi connectivity index (χ0n) is 27.0. The number of hydrogen-bond donors (Lipinski definition) is 0. The summed E-state index contributed by atoms with van der Waals surface area (Å²) in [4.78, 5) is 0. The van der Waals surface area contributed by atoms with Gasteiger partial charge in [0.2, 0.25) is 0 Å². The third-order valence-corrected chi connectivity index (χ3v) is 11.6. The van der Waals surface area contributed by atoms with E-state index in [0.29, 0.717) is 0 Å². The highest BCUT2D eigenvalue weighted by atomic mass is 32.1. The Morgan fingerprint density at radius 1 is 0.320 bits per heavy atom. The van der Waals surface area contributed by atoms with Gasteiger partial charge < -0.3 is 4.42 Å². The topological polar surface area (TPSA) is 13.1 Å². The van der Waals surface area contributed by atoms with E-state index in [4.69, 9.17) is 4.42 Å². The first-order valence-corrected chi connectivity index (χ1v) is 17.9. The monoisotopic (exact) mass is 652 g/mol. The lowest BCUT2D eigenvalue weighted by Crippen LogP contribution is -1.91. The minimum absolute atomic E-state index is 0.934. The lowest BCUT2D eigenvalue weighted by molar-refractivity contribution is 0.669. The minimum Gasteiger partial charge on any atom is -0.456 e. The van der Waals surface area contributed by atoms with Gasteiger partial charge in [-0.25, -0.2) is 0 Å². The fourth-order valence-electron chi connectivity index (χ4n) is 8.20. The minimum atomic E-state index is 0.934. The normalized spacial score (nSPS) is 12.0. The molecule has 0 radical (unpaired) electrons. The molecule has 232 valence electrons. The third-order valence-electron chi connectivity index (χ3n) is 10.4. The SMILES string of the molecule is c1ccc(-c2ccc3cc(-c4c5ccccc5c(-c5ccc6sc7ccc8oc9ccccc9c8c7c6c5)c5ccccc45)ccc3c2)cc1. The van der Waals surface area contributed by atoms with Gasteiger partial charge in [-0.15, -0.1) is 11.3 Å². The number of furan rings is 1. The second kappa shape index (κ2) is 10.6. The number of rotatable bonds is 3. The van der Waals surface area contributed by atoms with Crippen LogP contribution in [0.25, 0.3) is 108 Å². The Morgan fingerprint density at radius 3 is 1.56 bits per heavy atom. The van der Waals surface area contributed by atoms with Crippen LogP contribution in [0.3, 0.4) is 0 Å². The molecule has 0 saturated heterocycles. The fourth-order valence-corrected chi connectivity index (χ4v) is 9.29. The van der Waals surface area contributed by atoms with E-state index < -0.39 is 0 Å². The Kier molecular flexibility index (Phi) is 5.89. The molecule has 0 spiro atoms. The number of para-hydroxylation sites is 1. The molecule has 0 amide bonds. The van der Waals surface area contributed by atoms with Crippen molar-refractivity contribution in [1.29, 1.82) is 0 Å². The first-order chi connectivity index (χ1) is 24.8. The van der Waals surface area contributed by atoms with Gasteiger partial charge in [-0.05, 0) is 108 Å². The van der Waals surface area contributed by atoms with Gasteiger partial charge in [-0.1, -0.05) is 127 Å². The first kappa shape index (κ1) is 27.7. The third kappa shape index (κ3) is 4.06. The molecule has 0 aliphatic carbocycles. The molecular formula is C48H28OS. The van der Waals surface area contributed by atoms with Crippen LogP contribution in [0.4, 0.5) is 0 Å². The second-order valence-corrected chi connectivity index (χ2v) is 14.3. The highest BCUT2D eigenvalue weighted by Gasteiger charge is 2.19. The van der Waals surface area contributed by atoms with Gasteiger partial charge in [-0.2, -0.15) is 0 Å². The van der Waals surface area contributed by atoms with Crippen molar-refractivity contribution < 1.29 is 4.42 Å². The molecule has 0 atom stereocenters. The molecule has 2 heteroatoms. The Balaban J connectivity index is 1.16. The summed E-state index contributed by atoms with van der Waals surface area (Å²) in [5, 5.41) is 12.5. The van der Waals surface area contributed by atoms with E-state index >= 15 is 0 Å². The summed E-state index contributed by atoms with van der Waals surface area (Å²) in [7, 11) is 0. The maximum absolute atomic E-state index is 6.32. The fraction of sp³-hybridized carbons (Fsp3) is 0. The van der Waals surface area contributed by atoms with Crippen LogP contribution in [0, 0.1) is 0 Å². The molecule has 9 aromatic carbocycles. The maximum Gasteiger partial charge on any atom is 0.136 e. The lowest BCUT2D eigenvalue weighted by Gasteiger charge is -2.18. The highest BCUT2D eigenvalue weighted by molar-refractivity contribution is 7.26. The van der Waals surface area contributed by atoms with Crippen LogP contribution in [0.2, 0.25) is 0 Å². The van der Waals surface area contributed by atoms with Crippen molar-refractivity contribution in [3.8, 4) is 33.4 Å². The van der Waals surface area contributed by atoms with Gasteiger partial charge in [0.1, 0.15) is 11.2 Å². The summed E-state index contributed by atoms with van der Waals surface area (Å²) in [6, 6.07) is 62.1. The average Bonchev–Trinajstić information content (AvgIpc) is 3.74. The van der Waals surface area contributed by atoms with Crippen molar-refractivity contribution in [2.24, 2.45) is 0 Å². The van der Waals surface area contributed by atoms with Crippen molar-refractivity contribution in [2.75, 3.05) is 0 Å². The van der Waals surface area contributed by atoms with Crippen molar-refractivity contribution in [1.82, 2.24) is 0 Å². The number of thiophene rings is 1. The number of fused-ring (bicyclic) bond motifs is 10. The molecule has 2 aromatic heterocycles. The Bertz CT molecular complexity index is 3090. The number of benzene rings is 9. The predicted octanol–water partition coefficient (Wildman–Crippen LogP) is 14.4. The molecule has 0 unspecified atom stereocenters. The van der Waals surface area contributed by atoms with Crippen molar-refractivity contribution >= 4 is 85.8 Å². The Labute approximate surface area is 292 Å². The van der Waals surface area contributed by atoms with Crippen molar-refractivity contribution in [3.05, 3.63) is 170 Å². The molecule has 0 bridgehead atoms. The van der Waals surface area contributed by atoms with Crippen LogP contribution < -0.4 is 0 Å². The van der Waals surface area contributed by atoms with Crippen LogP contribution >= 0.6 is 11.3 Å². The molecule has 0 saturated carbocycles. The standard InChI is InChI=1S/C48H28OS/c1-2-10-29(11-3-1)30-18-19-32-27-33(21-20-31(32)26-30)45-35-12-4-6-14-37(35)46(38-15-7-5-13-36(38)45)34-22-24-43-40(28-34)48-44(50-43)25-23-42-47(48)39-16-8-9-17-41(39)49-42/h1-28H. The lowest BCUT2D eigenvalue weighted by atomic mass is 9.85. The molecular weight excluding hydrogens is 625 g/mol. The van der Waals surface area contributed by atoms with Crippen LogP contribution in [-0.2, 0) is 0 Å². The van der Waals surface area contributed by atoms with Crippen LogP contribution in [-0.4, -0.2) is 0 Å². The van der Waals surface area contributed by atoms with E-state index in [2.05, 4.69) is 164 Å². The molecule has 0 fully saturated rings. The van der Waals surface area contributed by atoms with E-state index in [0.717, 1.165) is 11.2 Å². The Morgan fingerprint density at radius 2 is 0.860 bits per heavy atom. The number of hydrogen-bond acceptors (Lipinski definition) is 2. The summed E-state index contributed by atoms with van der Waals surface area (Å²) in [5.74, 6) is 0. The molecule has 0 aliphatic heterocycles. The van der Waals surface area contributed by atoms with Crippen molar-refractivity contribution in [2.45, 2.75) is 0 Å². The zero-order chi connectivity index (χ0) is 32.8. The van der Waals surface area contributed by atoms with E-state index in [1.807, 2.05) is 17.4 Å². The molecule has 11 aromatic rings. The molecule has 50 heavy (non-hydrogen) atoms. The summed E-state index contributed by atoms with van der Waals surface area (Å²) in [6.07, 6.45) is 0. The van der Waals surface area contributed by atoms with Gasteiger partial charge in [0.15, 0.2) is 0 Å². The summed E-state index contributed by atoms with van der Waals surface area (Å²) in [6.45, 7) is 0. The smallest absolute Gasteiger partial charge is 0.136 e. The van der Waals surface area contributed by atoms with Crippen LogP contribution in [0.1, 0.15) is 0 Å². The quantitative estimate of drug-likeness (QED) is 0.173. The predicted molar refractivity (Wildman–Crippen MR) is 215 cm³/mol. The molecule has 1 nitrogen and oxygen atoms in total. The van der Waals surface area contributed by atoms with Gasteiger partial charge in [-0.3, -0.25) is 0 Å². The van der Waals surface area contributed by atoms with E-state index in [1.165, 1.54) is 96.6 Å². The Hall–Kier alpha value is -6.22.